The molecule has 2 aromatic rings. The first-order chi connectivity index (χ1) is 10.1. The lowest BCUT2D eigenvalue weighted by Gasteiger charge is -2.05. The summed E-state index contributed by atoms with van der Waals surface area (Å²) < 4.78 is 5.12. The second kappa shape index (κ2) is 7.03. The monoisotopic (exact) mass is 306 g/mol. The third kappa shape index (κ3) is 4.16. The summed E-state index contributed by atoms with van der Waals surface area (Å²) in [7, 11) is 1.65. The van der Waals surface area contributed by atoms with E-state index in [4.69, 9.17) is 16.2 Å². The van der Waals surface area contributed by atoms with Gasteiger partial charge >= 0.3 is 0 Å². The smallest absolute Gasteiger partial charge is 0.268 e. The van der Waals surface area contributed by atoms with Crippen molar-refractivity contribution in [3.8, 4) is 5.75 Å². The molecule has 0 aliphatic carbocycles. The van der Waals surface area contributed by atoms with Crippen LogP contribution >= 0.6 is 11.8 Å². The number of nitrogen functional groups attached to an aromatic ring is 2. The maximum absolute atomic E-state index is 11.7. The lowest BCUT2D eigenvalue weighted by atomic mass is 10.1. The van der Waals surface area contributed by atoms with Crippen LogP contribution in [-0.4, -0.2) is 22.8 Å². The minimum atomic E-state index is -0.283. The summed E-state index contributed by atoms with van der Waals surface area (Å²) in [6.45, 7) is 0. The number of aryl methyl sites for hydroxylation is 1. The Morgan fingerprint density at radius 2 is 2.00 bits per heavy atom. The summed E-state index contributed by atoms with van der Waals surface area (Å²) >= 11 is 1.40. The zero-order chi connectivity index (χ0) is 15.2. The van der Waals surface area contributed by atoms with Gasteiger partial charge in [-0.15, -0.1) is 11.8 Å². The van der Waals surface area contributed by atoms with Gasteiger partial charge in [0.05, 0.1) is 7.11 Å². The number of rotatable bonds is 6. The number of methoxy groups -OCH3 is 1. The van der Waals surface area contributed by atoms with Crippen molar-refractivity contribution in [2.24, 2.45) is 0 Å². The van der Waals surface area contributed by atoms with Gasteiger partial charge in [-0.25, -0.2) is 0 Å². The van der Waals surface area contributed by atoms with Gasteiger partial charge in [0.15, 0.2) is 0 Å². The number of H-pyrrole nitrogens is 1. The zero-order valence-corrected chi connectivity index (χ0v) is 12.6. The Morgan fingerprint density at radius 3 is 2.62 bits per heavy atom. The number of hydrogen-bond donors (Lipinski definition) is 3. The van der Waals surface area contributed by atoms with Crippen LogP contribution in [0.2, 0.25) is 0 Å². The first-order valence-electron chi connectivity index (χ1n) is 6.51. The van der Waals surface area contributed by atoms with Crippen LogP contribution in [0.3, 0.4) is 0 Å². The molecule has 0 bridgehead atoms. The molecule has 0 aliphatic heterocycles. The number of aromatic nitrogens is 2. The molecule has 0 fully saturated rings. The van der Waals surface area contributed by atoms with Crippen molar-refractivity contribution in [1.82, 2.24) is 9.97 Å². The van der Waals surface area contributed by atoms with Crippen molar-refractivity contribution in [1.29, 1.82) is 0 Å². The van der Waals surface area contributed by atoms with Crippen LogP contribution < -0.4 is 21.8 Å². The number of nitrogens with two attached hydrogens (primary N) is 2. The van der Waals surface area contributed by atoms with E-state index in [-0.39, 0.29) is 17.3 Å². The Hall–Kier alpha value is -2.15. The van der Waals surface area contributed by atoms with E-state index >= 15 is 0 Å². The van der Waals surface area contributed by atoms with Crippen LogP contribution in [0.25, 0.3) is 0 Å². The highest BCUT2D eigenvalue weighted by Crippen LogP contribution is 2.21. The molecule has 5 N–H and O–H groups in total. The summed E-state index contributed by atoms with van der Waals surface area (Å²) in [6.07, 6.45) is 1.86. The molecule has 0 unspecified atom stereocenters. The second-order valence-electron chi connectivity index (χ2n) is 4.47. The molecule has 0 saturated heterocycles. The van der Waals surface area contributed by atoms with Gasteiger partial charge < -0.3 is 16.2 Å². The molecule has 0 amide bonds. The zero-order valence-electron chi connectivity index (χ0n) is 11.8. The molecule has 6 nitrogen and oxygen atoms in total. The summed E-state index contributed by atoms with van der Waals surface area (Å²) in [4.78, 5) is 18.4. The van der Waals surface area contributed by atoms with Gasteiger partial charge in [-0.2, -0.15) is 4.98 Å². The Morgan fingerprint density at radius 1 is 1.29 bits per heavy atom. The van der Waals surface area contributed by atoms with Crippen LogP contribution in [0.15, 0.2) is 34.0 Å². The van der Waals surface area contributed by atoms with E-state index in [0.717, 1.165) is 24.3 Å². The molecule has 21 heavy (non-hydrogen) atoms. The Kier molecular flexibility index (Phi) is 5.10. The van der Waals surface area contributed by atoms with Gasteiger partial charge in [0, 0.05) is 0 Å². The highest BCUT2D eigenvalue weighted by Gasteiger charge is 2.08. The van der Waals surface area contributed by atoms with Crippen LogP contribution in [0.4, 0.5) is 11.8 Å². The summed E-state index contributed by atoms with van der Waals surface area (Å²) in [6, 6.07) is 7.95. The fourth-order valence-corrected chi connectivity index (χ4v) is 2.75. The largest absolute Gasteiger partial charge is 0.497 e. The lowest BCUT2D eigenvalue weighted by molar-refractivity contribution is 0.414. The van der Waals surface area contributed by atoms with Gasteiger partial charge in [-0.05, 0) is 36.3 Å². The Bertz CT molecular complexity index is 655. The summed E-state index contributed by atoms with van der Waals surface area (Å²) in [5.41, 5.74) is 12.1. The average Bonchev–Trinajstić information content (AvgIpc) is 2.46. The van der Waals surface area contributed by atoms with Crippen LogP contribution in [0, 0.1) is 0 Å². The van der Waals surface area contributed by atoms with Crippen molar-refractivity contribution in [3.63, 3.8) is 0 Å². The van der Waals surface area contributed by atoms with Crippen LogP contribution in [0.1, 0.15) is 12.0 Å². The number of aromatic amines is 1. The van der Waals surface area contributed by atoms with Gasteiger partial charge in [0.1, 0.15) is 16.5 Å². The molecule has 7 heteroatoms. The number of ether oxygens (including phenoxy) is 1. The first kappa shape index (κ1) is 15.2. The summed E-state index contributed by atoms with van der Waals surface area (Å²) in [5, 5.41) is 0. The van der Waals surface area contributed by atoms with Gasteiger partial charge in [0.25, 0.3) is 5.56 Å². The molecule has 1 heterocycles. The third-order valence-corrected chi connectivity index (χ3v) is 4.11. The predicted octanol–water partition coefficient (Wildman–Crippen LogP) is 1.67. The molecule has 0 spiro atoms. The predicted molar refractivity (Wildman–Crippen MR) is 85.7 cm³/mol. The van der Waals surface area contributed by atoms with Crippen LogP contribution in [-0.2, 0) is 6.42 Å². The van der Waals surface area contributed by atoms with Gasteiger partial charge in [-0.3, -0.25) is 9.78 Å². The fourth-order valence-electron chi connectivity index (χ4n) is 1.88. The molecule has 0 saturated carbocycles. The van der Waals surface area contributed by atoms with E-state index in [1.165, 1.54) is 17.3 Å². The first-order valence-corrected chi connectivity index (χ1v) is 7.49. The number of nitrogens with zero attached hydrogens (tertiary/aromatic N) is 1. The molecule has 2 rings (SSSR count). The van der Waals surface area contributed by atoms with Crippen molar-refractivity contribution in [2.75, 3.05) is 24.3 Å². The minimum Gasteiger partial charge on any atom is -0.497 e. The fraction of sp³-hybridized carbons (Fsp3) is 0.286. The normalized spacial score (nSPS) is 10.5. The third-order valence-electron chi connectivity index (χ3n) is 2.94. The highest BCUT2D eigenvalue weighted by molar-refractivity contribution is 7.99. The van der Waals surface area contributed by atoms with Crippen molar-refractivity contribution in [3.05, 3.63) is 40.2 Å². The van der Waals surface area contributed by atoms with E-state index < -0.39 is 0 Å². The molecule has 1 aromatic carbocycles. The average molecular weight is 306 g/mol. The molecular formula is C14H18N4O2S. The Labute approximate surface area is 126 Å². The maximum atomic E-state index is 11.7. The molecule has 0 atom stereocenters. The van der Waals surface area contributed by atoms with Gasteiger partial charge in [-0.1, -0.05) is 12.1 Å². The van der Waals surface area contributed by atoms with Gasteiger partial charge in [0.2, 0.25) is 5.95 Å². The Balaban J connectivity index is 1.86. The second-order valence-corrected chi connectivity index (χ2v) is 5.57. The molecule has 1 aromatic heterocycles. The number of anilines is 2. The standard InChI is InChI=1S/C14H18N4O2S/c1-20-10-6-4-9(5-7-10)3-2-8-21-11-12(15)17-14(16)18-13(11)19/h4-7H,2-3,8H2,1H3,(H5,15,16,17,18,19). The minimum absolute atomic E-state index is 0.0417. The SMILES string of the molecule is COc1ccc(CCCSc2c(N)nc(N)[nH]c2=O)cc1. The van der Waals surface area contributed by atoms with E-state index in [2.05, 4.69) is 9.97 Å². The quantitative estimate of drug-likeness (QED) is 0.553. The number of benzene rings is 1. The summed E-state index contributed by atoms with van der Waals surface area (Å²) in [5.74, 6) is 1.86. The maximum Gasteiger partial charge on any atom is 0.268 e. The van der Waals surface area contributed by atoms with E-state index in [1.807, 2.05) is 24.3 Å². The molecular weight excluding hydrogens is 288 g/mol. The molecule has 0 aliphatic rings. The number of nitrogens with one attached hydrogen (secondary N) is 1. The van der Waals surface area contributed by atoms with Crippen LogP contribution in [0.5, 0.6) is 5.75 Å². The van der Waals surface area contributed by atoms with Crippen molar-refractivity contribution >= 4 is 23.5 Å². The topological polar surface area (TPSA) is 107 Å². The van der Waals surface area contributed by atoms with E-state index in [0.29, 0.717) is 4.90 Å². The van der Waals surface area contributed by atoms with Crippen molar-refractivity contribution in [2.45, 2.75) is 17.7 Å². The highest BCUT2D eigenvalue weighted by atomic mass is 32.2. The number of thioether (sulfide) groups is 1. The molecule has 112 valence electrons. The number of hydrogen-bond acceptors (Lipinski definition) is 6. The van der Waals surface area contributed by atoms with E-state index in [1.54, 1.807) is 7.11 Å². The molecule has 0 radical (unpaired) electrons. The van der Waals surface area contributed by atoms with Crippen molar-refractivity contribution < 1.29 is 4.74 Å². The van der Waals surface area contributed by atoms with E-state index in [9.17, 15) is 4.79 Å². The lowest BCUT2D eigenvalue weighted by Crippen LogP contribution is -2.16.